The summed E-state index contributed by atoms with van der Waals surface area (Å²) >= 11 is 0. The first kappa shape index (κ1) is 14.6. The lowest BCUT2D eigenvalue weighted by molar-refractivity contribution is 0.166. The fraction of sp³-hybridized carbons (Fsp3) is 1.00. The Morgan fingerprint density at radius 1 is 0.619 bits per heavy atom. The molecule has 0 heterocycles. The molecule has 0 nitrogen and oxygen atoms in total. The second-order valence-electron chi connectivity index (χ2n) is 9.15. The normalized spacial score (nSPS) is 45.3. The van der Waals surface area contributed by atoms with Gasteiger partial charge in [-0.2, -0.15) is 0 Å². The highest BCUT2D eigenvalue weighted by Gasteiger charge is 2.51. The van der Waals surface area contributed by atoms with E-state index >= 15 is 0 Å². The van der Waals surface area contributed by atoms with Crippen LogP contribution >= 0.6 is 0 Å². The Kier molecular flexibility index (Phi) is 4.34. The summed E-state index contributed by atoms with van der Waals surface area (Å²) in [5, 5.41) is 0. The molecule has 120 valence electrons. The Bertz CT molecular complexity index is 318. The molecule has 4 saturated carbocycles. The summed E-state index contributed by atoms with van der Waals surface area (Å²) < 4.78 is 0. The van der Waals surface area contributed by atoms with Crippen LogP contribution in [0.25, 0.3) is 0 Å². The first-order chi connectivity index (χ1) is 10.3. The highest BCUT2D eigenvalue weighted by Crippen LogP contribution is 2.59. The third-order valence-corrected chi connectivity index (χ3v) is 8.25. The Hall–Kier alpha value is 0. The summed E-state index contributed by atoms with van der Waals surface area (Å²) in [7, 11) is 0. The van der Waals surface area contributed by atoms with Gasteiger partial charge in [-0.05, 0) is 73.5 Å². The maximum absolute atomic E-state index is 2.62. The van der Waals surface area contributed by atoms with E-state index in [4.69, 9.17) is 0 Å². The number of fused-ring (bicyclic) bond motifs is 3. The molecule has 0 aromatic rings. The second-order valence-corrected chi connectivity index (χ2v) is 9.15. The van der Waals surface area contributed by atoms with E-state index in [0.29, 0.717) is 0 Å². The van der Waals surface area contributed by atoms with Gasteiger partial charge in [0.25, 0.3) is 0 Å². The molecule has 4 aliphatic rings. The first-order valence-corrected chi connectivity index (χ1v) is 10.3. The third-order valence-electron chi connectivity index (χ3n) is 8.25. The van der Waals surface area contributed by atoms with Gasteiger partial charge >= 0.3 is 0 Å². The fourth-order valence-electron chi connectivity index (χ4n) is 7.32. The molecule has 0 N–H and O–H groups in total. The lowest BCUT2D eigenvalue weighted by atomic mass is 9.72. The van der Waals surface area contributed by atoms with Crippen LogP contribution in [0.4, 0.5) is 0 Å². The van der Waals surface area contributed by atoms with Gasteiger partial charge in [0.05, 0.1) is 0 Å². The average molecular weight is 289 g/mol. The molecule has 5 unspecified atom stereocenters. The molecule has 0 aromatic heterocycles. The van der Waals surface area contributed by atoms with E-state index in [-0.39, 0.29) is 0 Å². The SMILES string of the molecule is CC(CC1C2CCCCC2C2CCCCC21)C1CCCC1. The third kappa shape index (κ3) is 2.70. The van der Waals surface area contributed by atoms with Crippen molar-refractivity contribution in [1.82, 2.24) is 0 Å². The second kappa shape index (κ2) is 6.25. The molecule has 5 atom stereocenters. The van der Waals surface area contributed by atoms with Gasteiger partial charge in [-0.25, -0.2) is 0 Å². The van der Waals surface area contributed by atoms with Crippen LogP contribution in [0.15, 0.2) is 0 Å². The first-order valence-electron chi connectivity index (χ1n) is 10.3. The molecule has 0 spiro atoms. The summed E-state index contributed by atoms with van der Waals surface area (Å²) in [4.78, 5) is 0. The molecular formula is C21H36. The van der Waals surface area contributed by atoms with Gasteiger partial charge in [0.15, 0.2) is 0 Å². The summed E-state index contributed by atoms with van der Waals surface area (Å²) in [6.45, 7) is 2.62. The van der Waals surface area contributed by atoms with E-state index in [2.05, 4.69) is 6.92 Å². The number of hydrogen-bond acceptors (Lipinski definition) is 0. The van der Waals surface area contributed by atoms with Crippen LogP contribution in [0.2, 0.25) is 0 Å². The maximum Gasteiger partial charge on any atom is -0.0349 e. The van der Waals surface area contributed by atoms with Crippen LogP contribution in [0.1, 0.15) is 90.4 Å². The van der Waals surface area contributed by atoms with Crippen LogP contribution in [0, 0.1) is 41.4 Å². The van der Waals surface area contributed by atoms with Gasteiger partial charge in [0, 0.05) is 0 Å². The van der Waals surface area contributed by atoms with Gasteiger partial charge in [0.2, 0.25) is 0 Å². The predicted octanol–water partition coefficient (Wildman–Crippen LogP) is 6.45. The van der Waals surface area contributed by atoms with Crippen molar-refractivity contribution >= 4 is 0 Å². The standard InChI is InChI=1S/C21H36/c1-15(16-8-2-3-9-16)14-21-19-12-6-4-10-17(19)18-11-5-7-13-20(18)21/h15-21H,2-14H2,1H3. The lowest BCUT2D eigenvalue weighted by Gasteiger charge is -2.33. The quantitative estimate of drug-likeness (QED) is 0.560. The molecule has 4 aliphatic carbocycles. The molecule has 0 saturated heterocycles. The minimum atomic E-state index is 1.03. The van der Waals surface area contributed by atoms with Crippen LogP contribution in [0.3, 0.4) is 0 Å². The molecule has 0 aliphatic heterocycles. The Labute approximate surface area is 132 Å². The Morgan fingerprint density at radius 2 is 1.05 bits per heavy atom. The summed E-state index contributed by atoms with van der Waals surface area (Å²) in [6.07, 6.45) is 20.4. The fourth-order valence-corrected chi connectivity index (χ4v) is 7.32. The van der Waals surface area contributed by atoms with Crippen molar-refractivity contribution in [3.05, 3.63) is 0 Å². The zero-order valence-corrected chi connectivity index (χ0v) is 14.2. The highest BCUT2D eigenvalue weighted by atomic mass is 14.6. The zero-order valence-electron chi connectivity index (χ0n) is 14.2. The van der Waals surface area contributed by atoms with Crippen molar-refractivity contribution in [3.63, 3.8) is 0 Å². The molecular weight excluding hydrogens is 252 g/mol. The summed E-state index contributed by atoms with van der Waals surface area (Å²) in [5.41, 5.74) is 0. The zero-order chi connectivity index (χ0) is 14.2. The van der Waals surface area contributed by atoms with Crippen LogP contribution in [-0.2, 0) is 0 Å². The molecule has 0 bridgehead atoms. The van der Waals surface area contributed by atoms with Crippen LogP contribution < -0.4 is 0 Å². The van der Waals surface area contributed by atoms with Crippen molar-refractivity contribution in [2.45, 2.75) is 90.4 Å². The van der Waals surface area contributed by atoms with Crippen LogP contribution in [-0.4, -0.2) is 0 Å². The van der Waals surface area contributed by atoms with Crippen molar-refractivity contribution in [1.29, 1.82) is 0 Å². The van der Waals surface area contributed by atoms with E-state index in [0.717, 1.165) is 41.4 Å². The van der Waals surface area contributed by atoms with Crippen molar-refractivity contribution in [2.75, 3.05) is 0 Å². The minimum Gasteiger partial charge on any atom is -0.0622 e. The van der Waals surface area contributed by atoms with Crippen LogP contribution in [0.5, 0.6) is 0 Å². The monoisotopic (exact) mass is 288 g/mol. The number of hydrogen-bond donors (Lipinski definition) is 0. The Morgan fingerprint density at radius 3 is 1.57 bits per heavy atom. The molecule has 0 heteroatoms. The van der Waals surface area contributed by atoms with Gasteiger partial charge < -0.3 is 0 Å². The van der Waals surface area contributed by atoms with E-state index in [1.54, 1.807) is 70.6 Å². The van der Waals surface area contributed by atoms with E-state index in [1.807, 2.05) is 0 Å². The van der Waals surface area contributed by atoms with E-state index < -0.39 is 0 Å². The lowest BCUT2D eigenvalue weighted by Crippen LogP contribution is -2.24. The van der Waals surface area contributed by atoms with E-state index in [1.165, 1.54) is 12.8 Å². The molecule has 0 aromatic carbocycles. The molecule has 21 heavy (non-hydrogen) atoms. The average Bonchev–Trinajstić information content (AvgIpc) is 3.15. The van der Waals surface area contributed by atoms with Gasteiger partial charge in [-0.3, -0.25) is 0 Å². The molecule has 4 fully saturated rings. The summed E-state index contributed by atoms with van der Waals surface area (Å²) in [5.74, 6) is 7.87. The molecule has 0 radical (unpaired) electrons. The van der Waals surface area contributed by atoms with Crippen molar-refractivity contribution in [3.8, 4) is 0 Å². The van der Waals surface area contributed by atoms with E-state index in [9.17, 15) is 0 Å². The smallest absolute Gasteiger partial charge is 0.0349 e. The predicted molar refractivity (Wildman–Crippen MR) is 90.1 cm³/mol. The minimum absolute atomic E-state index is 1.03. The Balaban J connectivity index is 1.48. The van der Waals surface area contributed by atoms with Gasteiger partial charge in [-0.1, -0.05) is 58.3 Å². The maximum atomic E-state index is 2.62. The largest absolute Gasteiger partial charge is 0.0622 e. The molecule has 4 rings (SSSR count). The molecule has 0 amide bonds. The highest BCUT2D eigenvalue weighted by molar-refractivity contribution is 5.00. The van der Waals surface area contributed by atoms with Crippen molar-refractivity contribution < 1.29 is 0 Å². The van der Waals surface area contributed by atoms with Gasteiger partial charge in [-0.15, -0.1) is 0 Å². The van der Waals surface area contributed by atoms with Crippen molar-refractivity contribution in [2.24, 2.45) is 41.4 Å². The number of rotatable bonds is 3. The van der Waals surface area contributed by atoms with Gasteiger partial charge in [0.1, 0.15) is 0 Å². The topological polar surface area (TPSA) is 0 Å². The summed E-state index contributed by atoms with van der Waals surface area (Å²) in [6, 6.07) is 0.